The van der Waals surface area contributed by atoms with Gasteiger partial charge >= 0.3 is 0 Å². The van der Waals surface area contributed by atoms with Crippen LogP contribution in [0.15, 0.2) is 35.8 Å². The van der Waals surface area contributed by atoms with Crippen molar-refractivity contribution >= 4 is 11.3 Å². The molecular weight excluding hydrogens is 216 g/mol. The zero-order valence-electron chi connectivity index (χ0n) is 9.02. The van der Waals surface area contributed by atoms with Gasteiger partial charge in [-0.1, -0.05) is 30.3 Å². The molecule has 1 aromatic carbocycles. The van der Waals surface area contributed by atoms with Gasteiger partial charge in [-0.05, 0) is 18.4 Å². The van der Waals surface area contributed by atoms with E-state index in [1.54, 1.807) is 11.3 Å². The molecular formula is C13H14N2S. The van der Waals surface area contributed by atoms with Crippen LogP contribution < -0.4 is 5.32 Å². The van der Waals surface area contributed by atoms with Crippen LogP contribution in [-0.4, -0.2) is 11.0 Å². The lowest BCUT2D eigenvalue weighted by Gasteiger charge is -2.03. The van der Waals surface area contributed by atoms with Gasteiger partial charge in [-0.2, -0.15) is 0 Å². The molecule has 3 rings (SSSR count). The van der Waals surface area contributed by atoms with E-state index in [4.69, 9.17) is 0 Å². The Morgan fingerprint density at radius 3 is 2.81 bits per heavy atom. The first kappa shape index (κ1) is 10.00. The van der Waals surface area contributed by atoms with E-state index in [9.17, 15) is 0 Å². The molecule has 0 saturated heterocycles. The summed E-state index contributed by atoms with van der Waals surface area (Å²) < 4.78 is 0. The highest BCUT2D eigenvalue weighted by atomic mass is 32.1. The smallest absolute Gasteiger partial charge is 0.0802 e. The Morgan fingerprint density at radius 2 is 2.06 bits per heavy atom. The molecule has 1 heterocycles. The molecule has 2 aromatic rings. The van der Waals surface area contributed by atoms with Crippen LogP contribution in [0.3, 0.4) is 0 Å². The quantitative estimate of drug-likeness (QED) is 0.873. The largest absolute Gasteiger partial charge is 0.308 e. The summed E-state index contributed by atoms with van der Waals surface area (Å²) in [6.45, 7) is 0.901. The summed E-state index contributed by atoms with van der Waals surface area (Å²) >= 11 is 1.72. The number of nitrogens with zero attached hydrogens (tertiary/aromatic N) is 1. The van der Waals surface area contributed by atoms with E-state index >= 15 is 0 Å². The molecule has 3 heteroatoms. The van der Waals surface area contributed by atoms with Crippen LogP contribution in [0.1, 0.15) is 18.5 Å². The second-order valence-electron chi connectivity index (χ2n) is 4.15. The molecule has 2 nitrogen and oxygen atoms in total. The van der Waals surface area contributed by atoms with Gasteiger partial charge in [0.2, 0.25) is 0 Å². The lowest BCUT2D eigenvalue weighted by atomic mass is 10.1. The highest BCUT2D eigenvalue weighted by molar-refractivity contribution is 7.13. The van der Waals surface area contributed by atoms with Crippen LogP contribution in [0.2, 0.25) is 0 Å². The topological polar surface area (TPSA) is 24.9 Å². The first-order valence-electron chi connectivity index (χ1n) is 5.64. The third-order valence-electron chi connectivity index (χ3n) is 2.81. The molecule has 1 aliphatic carbocycles. The molecule has 0 atom stereocenters. The first-order valence-corrected chi connectivity index (χ1v) is 6.52. The monoisotopic (exact) mass is 230 g/mol. The Kier molecular flexibility index (Phi) is 2.72. The van der Waals surface area contributed by atoms with Crippen molar-refractivity contribution in [1.82, 2.24) is 10.3 Å². The zero-order chi connectivity index (χ0) is 10.8. The fourth-order valence-electron chi connectivity index (χ4n) is 1.75. The predicted molar refractivity (Wildman–Crippen MR) is 67.4 cm³/mol. The Balaban J connectivity index is 1.81. The zero-order valence-corrected chi connectivity index (χ0v) is 9.83. The average molecular weight is 230 g/mol. The van der Waals surface area contributed by atoms with Gasteiger partial charge in [0.25, 0.3) is 0 Å². The van der Waals surface area contributed by atoms with E-state index in [1.807, 2.05) is 11.6 Å². The van der Waals surface area contributed by atoms with Crippen molar-refractivity contribution < 1.29 is 0 Å². The maximum absolute atomic E-state index is 4.45. The summed E-state index contributed by atoms with van der Waals surface area (Å²) in [6, 6.07) is 11.2. The summed E-state index contributed by atoms with van der Waals surface area (Å²) in [5.41, 5.74) is 4.40. The third kappa shape index (κ3) is 2.15. The molecule has 0 unspecified atom stereocenters. The molecule has 1 saturated carbocycles. The number of nitrogens with one attached hydrogen (secondary N) is 1. The third-order valence-corrected chi connectivity index (χ3v) is 3.73. The molecule has 0 radical (unpaired) electrons. The highest BCUT2D eigenvalue weighted by Gasteiger charge is 2.21. The van der Waals surface area contributed by atoms with Crippen molar-refractivity contribution in [1.29, 1.82) is 0 Å². The molecule has 16 heavy (non-hydrogen) atoms. The summed E-state index contributed by atoms with van der Waals surface area (Å²) in [4.78, 5) is 5.75. The van der Waals surface area contributed by atoms with Gasteiger partial charge in [0.15, 0.2) is 0 Å². The summed E-state index contributed by atoms with van der Waals surface area (Å²) in [7, 11) is 0. The molecule has 1 aromatic heterocycles. The first-order chi connectivity index (χ1) is 7.93. The minimum Gasteiger partial charge on any atom is -0.308 e. The molecule has 0 spiro atoms. The molecule has 1 fully saturated rings. The summed E-state index contributed by atoms with van der Waals surface area (Å²) in [6.07, 6.45) is 2.65. The standard InChI is InChI=1S/C13H14N2S/c1-2-4-10(5-3-1)13-12(15-9-16-13)8-14-11-6-7-11/h1-5,9,11,14H,6-8H2. The molecule has 0 bridgehead atoms. The number of aromatic nitrogens is 1. The SMILES string of the molecule is c1ccc(-c2scnc2CNC2CC2)cc1. The van der Waals surface area contributed by atoms with Gasteiger partial charge in [-0.25, -0.2) is 4.98 Å². The van der Waals surface area contributed by atoms with Gasteiger partial charge in [0.05, 0.1) is 16.1 Å². The van der Waals surface area contributed by atoms with Crippen LogP contribution in [0.4, 0.5) is 0 Å². The Morgan fingerprint density at radius 1 is 1.25 bits per heavy atom. The number of thiazole rings is 1. The fourth-order valence-corrected chi connectivity index (χ4v) is 2.57. The van der Waals surface area contributed by atoms with Gasteiger partial charge in [0.1, 0.15) is 0 Å². The van der Waals surface area contributed by atoms with Gasteiger partial charge < -0.3 is 5.32 Å². The Hall–Kier alpha value is -1.19. The number of hydrogen-bond donors (Lipinski definition) is 1. The van der Waals surface area contributed by atoms with E-state index in [1.165, 1.54) is 29.0 Å². The lowest BCUT2D eigenvalue weighted by Crippen LogP contribution is -2.15. The van der Waals surface area contributed by atoms with Crippen molar-refractivity contribution in [3.8, 4) is 10.4 Å². The minimum atomic E-state index is 0.741. The highest BCUT2D eigenvalue weighted by Crippen LogP contribution is 2.28. The van der Waals surface area contributed by atoms with Gasteiger partial charge in [-0.3, -0.25) is 0 Å². The molecule has 1 aliphatic rings. The van der Waals surface area contributed by atoms with Crippen molar-refractivity contribution in [2.75, 3.05) is 0 Å². The number of hydrogen-bond acceptors (Lipinski definition) is 3. The average Bonchev–Trinajstić information content (AvgIpc) is 3.05. The molecule has 1 N–H and O–H groups in total. The number of rotatable bonds is 4. The van der Waals surface area contributed by atoms with Crippen molar-refractivity contribution in [2.45, 2.75) is 25.4 Å². The number of benzene rings is 1. The fraction of sp³-hybridized carbons (Fsp3) is 0.308. The predicted octanol–water partition coefficient (Wildman–Crippen LogP) is 3.06. The van der Waals surface area contributed by atoms with E-state index in [2.05, 4.69) is 34.6 Å². The maximum Gasteiger partial charge on any atom is 0.0802 e. The van der Waals surface area contributed by atoms with Gasteiger partial charge in [0, 0.05) is 12.6 Å². The second-order valence-corrected chi connectivity index (χ2v) is 5.00. The van der Waals surface area contributed by atoms with Crippen molar-refractivity contribution in [3.05, 3.63) is 41.5 Å². The van der Waals surface area contributed by atoms with E-state index in [0.717, 1.165) is 12.6 Å². The van der Waals surface area contributed by atoms with Gasteiger partial charge in [-0.15, -0.1) is 11.3 Å². The van der Waals surface area contributed by atoms with Crippen LogP contribution >= 0.6 is 11.3 Å². The second kappa shape index (κ2) is 4.36. The summed E-state index contributed by atoms with van der Waals surface area (Å²) in [5, 5.41) is 3.51. The van der Waals surface area contributed by atoms with E-state index < -0.39 is 0 Å². The Bertz CT molecular complexity index is 460. The van der Waals surface area contributed by atoms with E-state index in [-0.39, 0.29) is 0 Å². The molecule has 82 valence electrons. The summed E-state index contributed by atoms with van der Waals surface area (Å²) in [5.74, 6) is 0. The van der Waals surface area contributed by atoms with Crippen molar-refractivity contribution in [2.24, 2.45) is 0 Å². The molecule has 0 amide bonds. The van der Waals surface area contributed by atoms with Crippen LogP contribution in [0.25, 0.3) is 10.4 Å². The van der Waals surface area contributed by atoms with Crippen LogP contribution in [0, 0.1) is 0 Å². The lowest BCUT2D eigenvalue weighted by molar-refractivity contribution is 0.678. The normalized spacial score (nSPS) is 15.2. The van der Waals surface area contributed by atoms with Crippen LogP contribution in [-0.2, 0) is 6.54 Å². The van der Waals surface area contributed by atoms with Crippen molar-refractivity contribution in [3.63, 3.8) is 0 Å². The Labute approximate surface area is 99.4 Å². The van der Waals surface area contributed by atoms with E-state index in [0.29, 0.717) is 0 Å². The minimum absolute atomic E-state index is 0.741. The van der Waals surface area contributed by atoms with Crippen LogP contribution in [0.5, 0.6) is 0 Å². The maximum atomic E-state index is 4.45. The molecule has 0 aliphatic heterocycles.